The summed E-state index contributed by atoms with van der Waals surface area (Å²) in [5.41, 5.74) is 1.05. The number of rotatable bonds is 8. The summed E-state index contributed by atoms with van der Waals surface area (Å²) in [6.45, 7) is 0.509. The van der Waals surface area contributed by atoms with E-state index in [1.807, 2.05) is 48.5 Å². The van der Waals surface area contributed by atoms with Gasteiger partial charge in [0.2, 0.25) is 5.91 Å². The maximum absolute atomic E-state index is 12.4. The Morgan fingerprint density at radius 2 is 1.64 bits per heavy atom. The summed E-state index contributed by atoms with van der Waals surface area (Å²) in [5, 5.41) is 11.4. The number of carbonyl (C=O) groups is 1. The van der Waals surface area contributed by atoms with E-state index in [9.17, 15) is 4.79 Å². The van der Waals surface area contributed by atoms with E-state index in [1.165, 1.54) is 4.90 Å². The van der Waals surface area contributed by atoms with Gasteiger partial charge in [0.15, 0.2) is 0 Å². The van der Waals surface area contributed by atoms with E-state index >= 15 is 0 Å². The quantitative estimate of drug-likeness (QED) is 0.632. The maximum atomic E-state index is 12.4. The van der Waals surface area contributed by atoms with E-state index < -0.39 is 0 Å². The van der Waals surface area contributed by atoms with Crippen LogP contribution in [-0.2, 0) is 11.3 Å². The van der Waals surface area contributed by atoms with Crippen LogP contribution in [0.25, 0.3) is 0 Å². The molecular formula is C19H20N4OS. The van der Waals surface area contributed by atoms with Crippen molar-refractivity contribution in [3.8, 4) is 0 Å². The molecule has 0 saturated carbocycles. The van der Waals surface area contributed by atoms with Crippen LogP contribution < -0.4 is 5.32 Å². The van der Waals surface area contributed by atoms with Gasteiger partial charge in [0, 0.05) is 17.1 Å². The summed E-state index contributed by atoms with van der Waals surface area (Å²) in [5.74, 6) is 0.779. The van der Waals surface area contributed by atoms with Crippen LogP contribution in [0.4, 0.5) is 0 Å². The molecule has 1 atom stereocenters. The molecule has 1 aromatic heterocycles. The van der Waals surface area contributed by atoms with E-state index in [0.717, 1.165) is 11.3 Å². The van der Waals surface area contributed by atoms with Gasteiger partial charge in [0.1, 0.15) is 0 Å². The molecule has 6 heteroatoms. The molecule has 0 aliphatic carbocycles. The van der Waals surface area contributed by atoms with E-state index in [1.54, 1.807) is 29.0 Å². The number of carbonyl (C=O) groups excluding carboxylic acids is 1. The second-order valence-electron chi connectivity index (χ2n) is 5.53. The third-order valence-electron chi connectivity index (χ3n) is 3.69. The van der Waals surface area contributed by atoms with Gasteiger partial charge in [-0.05, 0) is 17.7 Å². The predicted octanol–water partition coefficient (Wildman–Crippen LogP) is 3.32. The fourth-order valence-electron chi connectivity index (χ4n) is 2.47. The lowest BCUT2D eigenvalue weighted by Crippen LogP contribution is -2.32. The predicted molar refractivity (Wildman–Crippen MR) is 99.1 cm³/mol. The zero-order valence-electron chi connectivity index (χ0n) is 13.8. The molecular weight excluding hydrogens is 332 g/mol. The first-order valence-electron chi connectivity index (χ1n) is 8.17. The molecule has 0 unspecified atom stereocenters. The van der Waals surface area contributed by atoms with Crippen LogP contribution in [0.2, 0.25) is 0 Å². The van der Waals surface area contributed by atoms with Crippen molar-refractivity contribution in [1.29, 1.82) is 0 Å². The van der Waals surface area contributed by atoms with Gasteiger partial charge in [-0.15, -0.1) is 11.8 Å². The summed E-state index contributed by atoms with van der Waals surface area (Å²) in [6, 6.07) is 19.9. The second kappa shape index (κ2) is 9.03. The summed E-state index contributed by atoms with van der Waals surface area (Å²) in [7, 11) is 0. The molecule has 0 fully saturated rings. The third kappa shape index (κ3) is 5.46. The summed E-state index contributed by atoms with van der Waals surface area (Å²) < 4.78 is 0. The SMILES string of the molecule is O=C(CCSc1ccccc1)N[C@@H](Cn1nccn1)c1ccccc1. The molecule has 0 aliphatic heterocycles. The minimum absolute atomic E-state index is 0.0319. The highest BCUT2D eigenvalue weighted by Gasteiger charge is 2.16. The molecule has 0 aliphatic rings. The lowest BCUT2D eigenvalue weighted by Gasteiger charge is -2.18. The van der Waals surface area contributed by atoms with Gasteiger partial charge in [-0.1, -0.05) is 48.5 Å². The highest BCUT2D eigenvalue weighted by molar-refractivity contribution is 7.99. The van der Waals surface area contributed by atoms with E-state index in [0.29, 0.717) is 13.0 Å². The molecule has 5 nitrogen and oxygen atoms in total. The Bertz CT molecular complexity index is 763. The molecule has 0 bridgehead atoms. The van der Waals surface area contributed by atoms with Crippen molar-refractivity contribution in [3.63, 3.8) is 0 Å². The van der Waals surface area contributed by atoms with Gasteiger partial charge < -0.3 is 5.32 Å². The van der Waals surface area contributed by atoms with Crippen LogP contribution in [-0.4, -0.2) is 26.7 Å². The standard InChI is InChI=1S/C19H20N4OS/c24-19(11-14-25-17-9-5-2-6-10-17)22-18(15-23-20-12-13-21-23)16-7-3-1-4-8-16/h1-10,12-13,18H,11,14-15H2,(H,22,24)/t18-/m0/s1. The first-order chi connectivity index (χ1) is 12.3. The molecule has 0 saturated heterocycles. The Morgan fingerprint density at radius 1 is 1.00 bits per heavy atom. The monoisotopic (exact) mass is 352 g/mol. The van der Waals surface area contributed by atoms with Gasteiger partial charge in [-0.2, -0.15) is 15.0 Å². The van der Waals surface area contributed by atoms with Crippen molar-refractivity contribution in [1.82, 2.24) is 20.3 Å². The Kier molecular flexibility index (Phi) is 6.23. The molecule has 1 heterocycles. The lowest BCUT2D eigenvalue weighted by molar-refractivity contribution is -0.121. The third-order valence-corrected chi connectivity index (χ3v) is 4.70. The Balaban J connectivity index is 1.56. The first-order valence-corrected chi connectivity index (χ1v) is 9.16. The molecule has 3 aromatic rings. The lowest BCUT2D eigenvalue weighted by atomic mass is 10.1. The molecule has 0 spiro atoms. The molecule has 3 rings (SSSR count). The van der Waals surface area contributed by atoms with Crippen molar-refractivity contribution >= 4 is 17.7 Å². The number of hydrogen-bond acceptors (Lipinski definition) is 4. The summed E-state index contributed by atoms with van der Waals surface area (Å²) in [6.07, 6.45) is 3.75. The van der Waals surface area contributed by atoms with Crippen LogP contribution in [0.3, 0.4) is 0 Å². The van der Waals surface area contributed by atoms with Gasteiger partial charge in [-0.25, -0.2) is 0 Å². The molecule has 1 N–H and O–H groups in total. The van der Waals surface area contributed by atoms with Crippen molar-refractivity contribution < 1.29 is 4.79 Å². The van der Waals surface area contributed by atoms with Crippen molar-refractivity contribution in [2.45, 2.75) is 23.9 Å². The number of thioether (sulfide) groups is 1. The van der Waals surface area contributed by atoms with Crippen LogP contribution in [0.1, 0.15) is 18.0 Å². The van der Waals surface area contributed by atoms with Crippen LogP contribution in [0, 0.1) is 0 Å². The number of nitrogens with one attached hydrogen (secondary N) is 1. The average Bonchev–Trinajstić information content (AvgIpc) is 3.16. The average molecular weight is 352 g/mol. The molecule has 1 amide bonds. The van der Waals surface area contributed by atoms with Gasteiger partial charge >= 0.3 is 0 Å². The minimum atomic E-state index is -0.150. The van der Waals surface area contributed by atoms with Gasteiger partial charge in [0.05, 0.1) is 25.0 Å². The second-order valence-corrected chi connectivity index (χ2v) is 6.69. The highest BCUT2D eigenvalue weighted by Crippen LogP contribution is 2.19. The summed E-state index contributed by atoms with van der Waals surface area (Å²) >= 11 is 1.69. The molecule has 2 aromatic carbocycles. The zero-order chi connectivity index (χ0) is 17.3. The number of hydrogen-bond donors (Lipinski definition) is 1. The number of benzene rings is 2. The largest absolute Gasteiger partial charge is 0.347 e. The minimum Gasteiger partial charge on any atom is -0.347 e. The Labute approximate surface area is 151 Å². The normalized spacial score (nSPS) is 11.8. The molecule has 0 radical (unpaired) electrons. The van der Waals surface area contributed by atoms with Crippen molar-refractivity contribution in [3.05, 3.63) is 78.6 Å². The Morgan fingerprint density at radius 3 is 2.32 bits per heavy atom. The van der Waals surface area contributed by atoms with Crippen molar-refractivity contribution in [2.24, 2.45) is 0 Å². The summed E-state index contributed by atoms with van der Waals surface area (Å²) in [4.78, 5) is 15.1. The molecule has 128 valence electrons. The van der Waals surface area contributed by atoms with E-state index in [4.69, 9.17) is 0 Å². The van der Waals surface area contributed by atoms with Crippen LogP contribution in [0.15, 0.2) is 78.0 Å². The first kappa shape index (κ1) is 17.2. The van der Waals surface area contributed by atoms with E-state index in [2.05, 4.69) is 27.6 Å². The van der Waals surface area contributed by atoms with Crippen LogP contribution in [0.5, 0.6) is 0 Å². The number of amides is 1. The fourth-order valence-corrected chi connectivity index (χ4v) is 3.34. The number of aromatic nitrogens is 3. The van der Waals surface area contributed by atoms with Gasteiger partial charge in [0.25, 0.3) is 0 Å². The Hall–Kier alpha value is -2.60. The smallest absolute Gasteiger partial charge is 0.221 e. The fraction of sp³-hybridized carbons (Fsp3) is 0.211. The number of nitrogens with zero attached hydrogens (tertiary/aromatic N) is 3. The molecule has 25 heavy (non-hydrogen) atoms. The zero-order valence-corrected chi connectivity index (χ0v) is 14.6. The maximum Gasteiger partial charge on any atom is 0.221 e. The van der Waals surface area contributed by atoms with Gasteiger partial charge in [-0.3, -0.25) is 4.79 Å². The van der Waals surface area contributed by atoms with E-state index in [-0.39, 0.29) is 11.9 Å². The van der Waals surface area contributed by atoms with Crippen LogP contribution >= 0.6 is 11.8 Å². The highest BCUT2D eigenvalue weighted by atomic mass is 32.2. The van der Waals surface area contributed by atoms with Crippen molar-refractivity contribution in [2.75, 3.05) is 5.75 Å². The topological polar surface area (TPSA) is 59.8 Å².